The minimum Gasteiger partial charge on any atom is -0.441 e. The van der Waals surface area contributed by atoms with Crippen molar-refractivity contribution in [3.63, 3.8) is 0 Å². The number of hydrogen-bond acceptors (Lipinski definition) is 4. The van der Waals surface area contributed by atoms with Gasteiger partial charge in [0.2, 0.25) is 11.8 Å². The van der Waals surface area contributed by atoms with Crippen molar-refractivity contribution in [3.05, 3.63) is 83.4 Å². The molecule has 0 bridgehead atoms. The van der Waals surface area contributed by atoms with E-state index in [2.05, 4.69) is 15.4 Å². The first-order valence-electron chi connectivity index (χ1n) is 9.77. The van der Waals surface area contributed by atoms with Gasteiger partial charge in [-0.1, -0.05) is 30.3 Å². The lowest BCUT2D eigenvalue weighted by Gasteiger charge is -2.15. The highest BCUT2D eigenvalue weighted by Gasteiger charge is 2.34. The van der Waals surface area contributed by atoms with Crippen molar-refractivity contribution in [2.75, 3.05) is 5.32 Å². The first kappa shape index (κ1) is 21.4. The molecule has 6 nitrogen and oxygen atoms in total. The lowest BCUT2D eigenvalue weighted by atomic mass is 10.1. The Balaban J connectivity index is 1.58. The molecule has 0 aliphatic carbocycles. The van der Waals surface area contributed by atoms with Gasteiger partial charge in [0.1, 0.15) is 11.6 Å². The molecule has 0 aliphatic rings. The molecule has 164 valence electrons. The van der Waals surface area contributed by atoms with Crippen molar-refractivity contribution >= 4 is 11.7 Å². The van der Waals surface area contributed by atoms with Crippen molar-refractivity contribution in [1.82, 2.24) is 14.8 Å². The van der Waals surface area contributed by atoms with Gasteiger partial charge in [0.25, 0.3) is 0 Å². The Morgan fingerprint density at radius 1 is 1.06 bits per heavy atom. The van der Waals surface area contributed by atoms with E-state index < -0.39 is 17.6 Å². The van der Waals surface area contributed by atoms with E-state index in [9.17, 15) is 18.0 Å². The maximum absolute atomic E-state index is 13.5. The van der Waals surface area contributed by atoms with Crippen LogP contribution in [0.5, 0.6) is 0 Å². The van der Waals surface area contributed by atoms with E-state index in [1.807, 2.05) is 30.3 Å². The first-order valence-corrected chi connectivity index (χ1v) is 9.77. The number of aromatic nitrogens is 3. The zero-order chi connectivity index (χ0) is 22.9. The van der Waals surface area contributed by atoms with Crippen LogP contribution in [-0.4, -0.2) is 20.7 Å². The second kappa shape index (κ2) is 8.33. The summed E-state index contributed by atoms with van der Waals surface area (Å²) in [5, 5.41) is 6.79. The van der Waals surface area contributed by atoms with Crippen LogP contribution in [0.15, 0.2) is 65.1 Å². The third kappa shape index (κ3) is 4.41. The summed E-state index contributed by atoms with van der Waals surface area (Å²) in [6.45, 7) is 3.34. The largest absolute Gasteiger partial charge is 0.441 e. The van der Waals surface area contributed by atoms with Crippen molar-refractivity contribution in [1.29, 1.82) is 0 Å². The Labute approximate surface area is 181 Å². The van der Waals surface area contributed by atoms with E-state index in [4.69, 9.17) is 4.42 Å². The Hall–Kier alpha value is -3.88. The molecule has 4 rings (SSSR count). The standard InChI is InChI=1S/C23H19F3N4O2/c1-14-12-20(30(29-14)19-11-7-6-10-17(19)23(24,25)26)28-21(31)13-18-15(2)32-22(27-18)16-8-4-3-5-9-16/h3-12H,13H2,1-2H3,(H,28,31). The molecule has 1 N–H and O–H groups in total. The van der Waals surface area contributed by atoms with E-state index >= 15 is 0 Å². The van der Waals surface area contributed by atoms with Crippen LogP contribution in [0.4, 0.5) is 19.0 Å². The van der Waals surface area contributed by atoms with Crippen LogP contribution >= 0.6 is 0 Å². The SMILES string of the molecule is Cc1cc(NC(=O)Cc2nc(-c3ccccc3)oc2C)n(-c2ccccc2C(F)(F)F)n1. The topological polar surface area (TPSA) is 73.0 Å². The third-order valence-electron chi connectivity index (χ3n) is 4.78. The number of anilines is 1. The molecule has 0 saturated carbocycles. The number of carbonyl (C=O) groups excluding carboxylic acids is 1. The number of aryl methyl sites for hydroxylation is 2. The zero-order valence-corrected chi connectivity index (χ0v) is 17.3. The van der Waals surface area contributed by atoms with Gasteiger partial charge in [-0.15, -0.1) is 0 Å². The number of nitrogens with one attached hydrogen (secondary N) is 1. The molecule has 0 saturated heterocycles. The van der Waals surface area contributed by atoms with E-state index in [1.165, 1.54) is 24.3 Å². The molecule has 2 aromatic carbocycles. The number of rotatable bonds is 5. The molecule has 0 fully saturated rings. The summed E-state index contributed by atoms with van der Waals surface area (Å²) in [7, 11) is 0. The molecule has 0 spiro atoms. The zero-order valence-electron chi connectivity index (χ0n) is 17.3. The fraction of sp³-hybridized carbons (Fsp3) is 0.174. The molecule has 0 unspecified atom stereocenters. The number of alkyl halides is 3. The molecule has 2 aromatic heterocycles. The number of hydrogen-bond donors (Lipinski definition) is 1. The highest BCUT2D eigenvalue weighted by atomic mass is 19.4. The van der Waals surface area contributed by atoms with Gasteiger partial charge in [-0.3, -0.25) is 4.79 Å². The van der Waals surface area contributed by atoms with Crippen molar-refractivity contribution in [2.45, 2.75) is 26.4 Å². The molecule has 4 aromatic rings. The van der Waals surface area contributed by atoms with Crippen LogP contribution in [-0.2, 0) is 17.4 Å². The Morgan fingerprint density at radius 3 is 2.47 bits per heavy atom. The summed E-state index contributed by atoms with van der Waals surface area (Å²) in [5.41, 5.74) is 0.659. The monoisotopic (exact) mass is 440 g/mol. The summed E-state index contributed by atoms with van der Waals surface area (Å²) < 4.78 is 47.1. The average molecular weight is 440 g/mol. The van der Waals surface area contributed by atoms with Crippen molar-refractivity contribution < 1.29 is 22.4 Å². The summed E-state index contributed by atoms with van der Waals surface area (Å²) >= 11 is 0. The Bertz CT molecular complexity index is 1260. The number of nitrogens with zero attached hydrogens (tertiary/aromatic N) is 3. The predicted octanol–water partition coefficient (Wildman–Crippen LogP) is 5.34. The molecular weight excluding hydrogens is 421 g/mol. The lowest BCUT2D eigenvalue weighted by Crippen LogP contribution is -2.19. The number of oxazole rings is 1. The molecule has 0 aliphatic heterocycles. The van der Waals surface area contributed by atoms with Gasteiger partial charge in [0.15, 0.2) is 0 Å². The summed E-state index contributed by atoms with van der Waals surface area (Å²) in [5.74, 6) is 0.567. The second-order valence-electron chi connectivity index (χ2n) is 7.21. The van der Waals surface area contributed by atoms with Crippen LogP contribution < -0.4 is 5.32 Å². The predicted molar refractivity (Wildman–Crippen MR) is 112 cm³/mol. The number of carbonyl (C=O) groups is 1. The quantitative estimate of drug-likeness (QED) is 0.454. The number of halogens is 3. The first-order chi connectivity index (χ1) is 15.2. The second-order valence-corrected chi connectivity index (χ2v) is 7.21. The molecule has 0 atom stereocenters. The van der Waals surface area contributed by atoms with E-state index in [1.54, 1.807) is 13.8 Å². The highest BCUT2D eigenvalue weighted by Crippen LogP contribution is 2.34. The fourth-order valence-electron chi connectivity index (χ4n) is 3.31. The fourth-order valence-corrected chi connectivity index (χ4v) is 3.31. The molecule has 2 heterocycles. The molecular formula is C23H19F3N4O2. The average Bonchev–Trinajstić information content (AvgIpc) is 3.30. The van der Waals surface area contributed by atoms with Crippen LogP contribution in [0.1, 0.15) is 22.7 Å². The Kier molecular flexibility index (Phi) is 5.56. The van der Waals surface area contributed by atoms with E-state index in [0.717, 1.165) is 16.3 Å². The number of benzene rings is 2. The lowest BCUT2D eigenvalue weighted by molar-refractivity contribution is -0.137. The van der Waals surface area contributed by atoms with Gasteiger partial charge >= 0.3 is 6.18 Å². The third-order valence-corrected chi connectivity index (χ3v) is 4.78. The van der Waals surface area contributed by atoms with Gasteiger partial charge in [-0.05, 0) is 38.1 Å². The highest BCUT2D eigenvalue weighted by molar-refractivity contribution is 5.91. The van der Waals surface area contributed by atoms with E-state index in [-0.39, 0.29) is 17.9 Å². The van der Waals surface area contributed by atoms with Gasteiger partial charge in [-0.25, -0.2) is 9.67 Å². The smallest absolute Gasteiger partial charge is 0.418 e. The summed E-state index contributed by atoms with van der Waals surface area (Å²) in [6.07, 6.45) is -4.67. The van der Waals surface area contributed by atoms with Gasteiger partial charge in [0.05, 0.1) is 29.1 Å². The normalized spacial score (nSPS) is 11.5. The maximum Gasteiger partial charge on any atom is 0.418 e. The maximum atomic E-state index is 13.5. The molecule has 0 radical (unpaired) electrons. The van der Waals surface area contributed by atoms with Crippen LogP contribution in [0.3, 0.4) is 0 Å². The summed E-state index contributed by atoms with van der Waals surface area (Å²) in [4.78, 5) is 17.1. The van der Waals surface area contributed by atoms with Crippen molar-refractivity contribution in [2.24, 2.45) is 0 Å². The van der Waals surface area contributed by atoms with Crippen LogP contribution in [0, 0.1) is 13.8 Å². The molecule has 32 heavy (non-hydrogen) atoms. The van der Waals surface area contributed by atoms with Gasteiger partial charge < -0.3 is 9.73 Å². The van der Waals surface area contributed by atoms with E-state index in [0.29, 0.717) is 23.0 Å². The Morgan fingerprint density at radius 2 is 1.75 bits per heavy atom. The van der Waals surface area contributed by atoms with Gasteiger partial charge in [0, 0.05) is 11.6 Å². The number of para-hydroxylation sites is 1. The number of amides is 1. The minimum atomic E-state index is -4.57. The van der Waals surface area contributed by atoms with Crippen LogP contribution in [0.25, 0.3) is 17.1 Å². The van der Waals surface area contributed by atoms with Crippen molar-refractivity contribution in [3.8, 4) is 17.1 Å². The minimum absolute atomic E-state index is 0.104. The molecule has 1 amide bonds. The summed E-state index contributed by atoms with van der Waals surface area (Å²) in [6, 6.07) is 15.8. The van der Waals surface area contributed by atoms with Gasteiger partial charge in [-0.2, -0.15) is 18.3 Å². The molecule has 9 heteroatoms. The van der Waals surface area contributed by atoms with Crippen LogP contribution in [0.2, 0.25) is 0 Å².